The fourth-order valence-electron chi connectivity index (χ4n) is 1.22. The molecular formula is C10H17Cl2N3S. The minimum atomic E-state index is 0.217. The Labute approximate surface area is 111 Å². The molecule has 0 atom stereocenters. The van der Waals surface area contributed by atoms with E-state index in [1.807, 2.05) is 18.8 Å². The van der Waals surface area contributed by atoms with Gasteiger partial charge in [-0.1, -0.05) is 11.6 Å². The van der Waals surface area contributed by atoms with Crippen LogP contribution < -0.4 is 5.32 Å². The molecule has 0 aliphatic rings. The fourth-order valence-corrected chi connectivity index (χ4v) is 1.97. The van der Waals surface area contributed by atoms with Gasteiger partial charge < -0.3 is 9.88 Å². The van der Waals surface area contributed by atoms with Crippen molar-refractivity contribution < 1.29 is 0 Å². The number of imidazole rings is 1. The van der Waals surface area contributed by atoms with Crippen LogP contribution in [0.25, 0.3) is 0 Å². The number of nitrogens with one attached hydrogen (secondary N) is 1. The van der Waals surface area contributed by atoms with Crippen LogP contribution in [0, 0.1) is 0 Å². The third-order valence-corrected chi connectivity index (χ3v) is 4.40. The maximum atomic E-state index is 5.97. The lowest BCUT2D eigenvalue weighted by atomic mass is 10.2. The summed E-state index contributed by atoms with van der Waals surface area (Å²) in [6.45, 7) is 5.98. The van der Waals surface area contributed by atoms with Gasteiger partial charge in [-0.15, -0.1) is 0 Å². The van der Waals surface area contributed by atoms with Gasteiger partial charge in [0, 0.05) is 24.9 Å². The highest BCUT2D eigenvalue weighted by atomic mass is 35.5. The maximum Gasteiger partial charge on any atom is 0.204 e. The van der Waals surface area contributed by atoms with Gasteiger partial charge in [0.25, 0.3) is 0 Å². The lowest BCUT2D eigenvalue weighted by Crippen LogP contribution is -2.32. The summed E-state index contributed by atoms with van der Waals surface area (Å²) in [7, 11) is 1.86. The molecule has 0 aromatic carbocycles. The highest BCUT2D eigenvalue weighted by Gasteiger charge is 2.16. The molecule has 0 saturated heterocycles. The average molecular weight is 282 g/mol. The third-order valence-electron chi connectivity index (χ3n) is 2.51. The fraction of sp³-hybridized carbons (Fsp3) is 0.700. The number of rotatable bonds is 5. The second kappa shape index (κ2) is 5.63. The van der Waals surface area contributed by atoms with Gasteiger partial charge in [-0.05, 0) is 31.7 Å². The minimum Gasteiger partial charge on any atom is -0.319 e. The van der Waals surface area contributed by atoms with Crippen molar-refractivity contribution in [1.82, 2.24) is 14.9 Å². The largest absolute Gasteiger partial charge is 0.319 e. The van der Waals surface area contributed by atoms with Crippen LogP contribution in [0.2, 0.25) is 10.4 Å². The van der Waals surface area contributed by atoms with Crippen LogP contribution in [0.1, 0.15) is 19.5 Å². The first-order valence-electron chi connectivity index (χ1n) is 5.00. The van der Waals surface area contributed by atoms with E-state index in [1.54, 1.807) is 4.57 Å². The second-order valence-electron chi connectivity index (χ2n) is 4.24. The predicted octanol–water partition coefficient (Wildman–Crippen LogP) is 2.96. The van der Waals surface area contributed by atoms with E-state index in [9.17, 15) is 0 Å². The number of hydrogen-bond donors (Lipinski definition) is 1. The molecule has 1 heterocycles. The Balaban J connectivity index is 2.55. The van der Waals surface area contributed by atoms with Crippen LogP contribution in [0.4, 0.5) is 0 Å². The zero-order valence-electron chi connectivity index (χ0n) is 9.97. The van der Waals surface area contributed by atoms with Crippen LogP contribution in [0.5, 0.6) is 0 Å². The molecule has 0 aliphatic heterocycles. The van der Waals surface area contributed by atoms with Crippen molar-refractivity contribution in [2.45, 2.75) is 25.1 Å². The third kappa shape index (κ3) is 3.55. The normalized spacial score (nSPS) is 12.1. The van der Waals surface area contributed by atoms with Gasteiger partial charge in [0.2, 0.25) is 5.28 Å². The van der Waals surface area contributed by atoms with E-state index >= 15 is 0 Å². The molecule has 1 N–H and O–H groups in total. The summed E-state index contributed by atoms with van der Waals surface area (Å²) in [5.41, 5.74) is 0.920. The summed E-state index contributed by atoms with van der Waals surface area (Å²) in [6, 6.07) is 0. The highest BCUT2D eigenvalue weighted by Crippen LogP contribution is 2.21. The van der Waals surface area contributed by atoms with Crippen LogP contribution in [-0.2, 0) is 13.6 Å². The number of hydrogen-bond acceptors (Lipinski definition) is 3. The molecule has 1 aromatic rings. The van der Waals surface area contributed by atoms with Crippen molar-refractivity contribution in [2.75, 3.05) is 12.8 Å². The molecule has 6 heteroatoms. The highest BCUT2D eigenvalue weighted by molar-refractivity contribution is 7.99. The summed E-state index contributed by atoms with van der Waals surface area (Å²) < 4.78 is 2.01. The van der Waals surface area contributed by atoms with Crippen molar-refractivity contribution >= 4 is 35.0 Å². The van der Waals surface area contributed by atoms with E-state index < -0.39 is 0 Å². The zero-order chi connectivity index (χ0) is 12.3. The Hall–Kier alpha value is 0.1000. The van der Waals surface area contributed by atoms with Gasteiger partial charge in [0.05, 0.1) is 5.69 Å². The summed E-state index contributed by atoms with van der Waals surface area (Å²) in [5, 5.41) is 4.26. The van der Waals surface area contributed by atoms with Gasteiger partial charge in [-0.2, -0.15) is 11.8 Å². The predicted molar refractivity (Wildman–Crippen MR) is 72.5 cm³/mol. The maximum absolute atomic E-state index is 5.97. The molecule has 92 valence electrons. The van der Waals surface area contributed by atoms with E-state index in [0.717, 1.165) is 12.2 Å². The van der Waals surface area contributed by atoms with Crippen molar-refractivity contribution in [2.24, 2.45) is 7.05 Å². The summed E-state index contributed by atoms with van der Waals surface area (Å²) in [5.74, 6) is 0. The molecule has 0 fully saturated rings. The molecule has 1 aromatic heterocycles. The molecule has 0 spiro atoms. The topological polar surface area (TPSA) is 29.9 Å². The Bertz CT molecular complexity index is 363. The second-order valence-corrected chi connectivity index (χ2v) is 6.45. The Morgan fingerprint density at radius 3 is 2.50 bits per heavy atom. The van der Waals surface area contributed by atoms with Crippen LogP contribution >= 0.6 is 35.0 Å². The Morgan fingerprint density at radius 2 is 2.06 bits per heavy atom. The quantitative estimate of drug-likeness (QED) is 0.900. The van der Waals surface area contributed by atoms with Crippen molar-refractivity contribution in [3.63, 3.8) is 0 Å². The number of aromatic nitrogens is 2. The Kier molecular flexibility index (Phi) is 4.98. The molecule has 16 heavy (non-hydrogen) atoms. The molecule has 3 nitrogen and oxygen atoms in total. The summed E-state index contributed by atoms with van der Waals surface area (Å²) in [6.07, 6.45) is 2.11. The van der Waals surface area contributed by atoms with Crippen molar-refractivity contribution in [3.8, 4) is 0 Å². The molecule has 0 saturated carbocycles. The molecule has 0 bridgehead atoms. The first-order valence-corrected chi connectivity index (χ1v) is 6.98. The first-order chi connectivity index (χ1) is 7.37. The van der Waals surface area contributed by atoms with Gasteiger partial charge in [0.1, 0.15) is 0 Å². The number of nitrogens with zero attached hydrogens (tertiary/aromatic N) is 2. The first kappa shape index (κ1) is 14.2. The molecule has 0 aliphatic carbocycles. The monoisotopic (exact) mass is 281 g/mol. The average Bonchev–Trinajstić information content (AvgIpc) is 2.44. The van der Waals surface area contributed by atoms with E-state index in [-0.39, 0.29) is 4.75 Å². The summed E-state index contributed by atoms with van der Waals surface area (Å²) in [4.78, 5) is 3.99. The molecule has 0 unspecified atom stereocenters. The van der Waals surface area contributed by atoms with Crippen LogP contribution in [0.3, 0.4) is 0 Å². The minimum absolute atomic E-state index is 0.217. The van der Waals surface area contributed by atoms with E-state index in [1.165, 1.54) is 0 Å². The van der Waals surface area contributed by atoms with Gasteiger partial charge in [-0.3, -0.25) is 0 Å². The smallest absolute Gasteiger partial charge is 0.204 e. The van der Waals surface area contributed by atoms with Crippen LogP contribution in [-0.4, -0.2) is 27.1 Å². The van der Waals surface area contributed by atoms with Gasteiger partial charge >= 0.3 is 0 Å². The van der Waals surface area contributed by atoms with E-state index in [0.29, 0.717) is 17.0 Å². The lowest BCUT2D eigenvalue weighted by molar-refractivity contribution is 0.577. The lowest BCUT2D eigenvalue weighted by Gasteiger charge is -2.22. The van der Waals surface area contributed by atoms with Crippen molar-refractivity contribution in [1.29, 1.82) is 0 Å². The molecule has 0 radical (unpaired) electrons. The Morgan fingerprint density at radius 1 is 1.44 bits per heavy atom. The van der Waals surface area contributed by atoms with Gasteiger partial charge in [-0.25, -0.2) is 4.98 Å². The summed E-state index contributed by atoms with van der Waals surface area (Å²) >= 11 is 13.7. The molecule has 0 amide bonds. The van der Waals surface area contributed by atoms with E-state index in [4.69, 9.17) is 23.2 Å². The van der Waals surface area contributed by atoms with Crippen molar-refractivity contribution in [3.05, 3.63) is 16.1 Å². The zero-order valence-corrected chi connectivity index (χ0v) is 12.3. The molecular weight excluding hydrogens is 265 g/mol. The SMILES string of the molecule is CSC(C)(C)CNCc1c(Cl)nc(Cl)n1C. The molecule has 1 rings (SSSR count). The van der Waals surface area contributed by atoms with Crippen LogP contribution in [0.15, 0.2) is 0 Å². The van der Waals surface area contributed by atoms with Gasteiger partial charge in [0.15, 0.2) is 5.15 Å². The van der Waals surface area contributed by atoms with E-state index in [2.05, 4.69) is 30.4 Å². The number of halogens is 2. The number of thioether (sulfide) groups is 1. The standard InChI is InChI=1S/C10H17Cl2N3S/c1-10(2,16-4)6-13-5-7-8(11)14-9(12)15(7)3/h13H,5-6H2,1-4H3.